The van der Waals surface area contributed by atoms with Gasteiger partial charge in [-0.1, -0.05) is 32.1 Å². The van der Waals surface area contributed by atoms with Crippen LogP contribution in [0.15, 0.2) is 0 Å². The van der Waals surface area contributed by atoms with Gasteiger partial charge in [0.25, 0.3) is 0 Å². The van der Waals surface area contributed by atoms with Gasteiger partial charge < -0.3 is 0 Å². The first-order chi connectivity index (χ1) is 6.08. The maximum Gasteiger partial charge on any atom is 0.208 e. The van der Waals surface area contributed by atoms with Gasteiger partial charge in [-0.3, -0.25) is 0 Å². The predicted octanol–water partition coefficient (Wildman–Crippen LogP) is 1.51. The molecule has 0 aliphatic heterocycles. The van der Waals surface area contributed by atoms with Gasteiger partial charge in [0.2, 0.25) is 10.0 Å². The van der Waals surface area contributed by atoms with E-state index in [0.717, 1.165) is 12.3 Å². The van der Waals surface area contributed by atoms with E-state index in [1.807, 2.05) is 0 Å². The first-order valence-corrected chi connectivity index (χ1v) is 6.92. The van der Waals surface area contributed by atoms with Crippen molar-refractivity contribution >= 4 is 10.0 Å². The fourth-order valence-corrected chi connectivity index (χ4v) is 2.41. The third-order valence-corrected chi connectivity index (χ3v) is 3.37. The SMILES string of the molecule is CS(=O)(=O)NCCC1CCCCC1. The van der Waals surface area contributed by atoms with Crippen molar-refractivity contribution in [2.75, 3.05) is 12.8 Å². The molecule has 0 bridgehead atoms. The third kappa shape index (κ3) is 5.26. The predicted molar refractivity (Wildman–Crippen MR) is 54.0 cm³/mol. The highest BCUT2D eigenvalue weighted by atomic mass is 32.2. The molecule has 1 fully saturated rings. The van der Waals surface area contributed by atoms with Crippen molar-refractivity contribution in [3.8, 4) is 0 Å². The molecule has 78 valence electrons. The van der Waals surface area contributed by atoms with Gasteiger partial charge in [-0.05, 0) is 12.3 Å². The lowest BCUT2D eigenvalue weighted by Crippen LogP contribution is -2.25. The molecule has 0 saturated heterocycles. The molecule has 4 heteroatoms. The second-order valence-electron chi connectivity index (χ2n) is 3.96. The molecule has 0 amide bonds. The summed E-state index contributed by atoms with van der Waals surface area (Å²) in [6.45, 7) is 0.615. The molecule has 3 nitrogen and oxygen atoms in total. The molecule has 0 aromatic rings. The van der Waals surface area contributed by atoms with E-state index in [9.17, 15) is 8.42 Å². The Morgan fingerprint density at radius 3 is 2.38 bits per heavy atom. The van der Waals surface area contributed by atoms with E-state index >= 15 is 0 Å². The molecule has 13 heavy (non-hydrogen) atoms. The molecule has 1 N–H and O–H groups in total. The number of hydrogen-bond donors (Lipinski definition) is 1. The van der Waals surface area contributed by atoms with E-state index in [4.69, 9.17) is 0 Å². The van der Waals surface area contributed by atoms with Crippen LogP contribution in [0.2, 0.25) is 0 Å². The molecule has 0 atom stereocenters. The van der Waals surface area contributed by atoms with Gasteiger partial charge in [0, 0.05) is 6.54 Å². The average Bonchev–Trinajstić information content (AvgIpc) is 2.04. The molecule has 1 aliphatic rings. The Labute approximate surface area is 81.0 Å². The molecule has 1 aliphatic carbocycles. The topological polar surface area (TPSA) is 46.2 Å². The van der Waals surface area contributed by atoms with Crippen LogP contribution >= 0.6 is 0 Å². The average molecular weight is 205 g/mol. The molecular formula is C9H19NO2S. The van der Waals surface area contributed by atoms with Gasteiger partial charge in [-0.15, -0.1) is 0 Å². The second-order valence-corrected chi connectivity index (χ2v) is 5.79. The largest absolute Gasteiger partial charge is 0.215 e. The Hall–Kier alpha value is -0.0900. The zero-order chi connectivity index (χ0) is 9.73. The van der Waals surface area contributed by atoms with Crippen LogP contribution < -0.4 is 4.72 Å². The van der Waals surface area contributed by atoms with E-state index in [-0.39, 0.29) is 0 Å². The van der Waals surface area contributed by atoms with Crippen LogP contribution in [0.3, 0.4) is 0 Å². The van der Waals surface area contributed by atoms with Crippen LogP contribution in [0.1, 0.15) is 38.5 Å². The highest BCUT2D eigenvalue weighted by Gasteiger charge is 2.13. The Morgan fingerprint density at radius 2 is 1.85 bits per heavy atom. The standard InChI is InChI=1S/C9H19NO2S/c1-13(11,12)10-8-7-9-5-3-2-4-6-9/h9-10H,2-8H2,1H3. The van der Waals surface area contributed by atoms with Crippen LogP contribution in [0.25, 0.3) is 0 Å². The second kappa shape index (κ2) is 4.96. The minimum absolute atomic E-state index is 0.615. The first-order valence-electron chi connectivity index (χ1n) is 5.02. The summed E-state index contributed by atoms with van der Waals surface area (Å²) < 4.78 is 24.1. The van der Waals surface area contributed by atoms with Crippen molar-refractivity contribution in [2.45, 2.75) is 38.5 Å². The molecule has 0 spiro atoms. The van der Waals surface area contributed by atoms with Gasteiger partial charge in [0.05, 0.1) is 6.26 Å². The summed E-state index contributed by atoms with van der Waals surface area (Å²) in [5, 5.41) is 0. The molecule has 1 rings (SSSR count). The molecule has 0 radical (unpaired) electrons. The molecule has 0 aromatic heterocycles. The van der Waals surface area contributed by atoms with Crippen LogP contribution in [0, 0.1) is 5.92 Å². The Morgan fingerprint density at radius 1 is 1.23 bits per heavy atom. The summed E-state index contributed by atoms with van der Waals surface area (Å²) in [6.07, 6.45) is 8.79. The Bertz CT molecular complexity index is 230. The fraction of sp³-hybridized carbons (Fsp3) is 1.00. The highest BCUT2D eigenvalue weighted by Crippen LogP contribution is 2.25. The number of rotatable bonds is 4. The zero-order valence-electron chi connectivity index (χ0n) is 8.25. The lowest BCUT2D eigenvalue weighted by Gasteiger charge is -2.21. The summed E-state index contributed by atoms with van der Waals surface area (Å²) in [5.41, 5.74) is 0. The minimum Gasteiger partial charge on any atom is -0.215 e. The summed E-state index contributed by atoms with van der Waals surface area (Å²) in [5.74, 6) is 0.753. The lowest BCUT2D eigenvalue weighted by atomic mass is 9.87. The Balaban J connectivity index is 2.11. The Kier molecular flexibility index (Phi) is 4.19. The van der Waals surface area contributed by atoms with Crippen LogP contribution in [0.4, 0.5) is 0 Å². The van der Waals surface area contributed by atoms with Gasteiger partial charge in [-0.25, -0.2) is 13.1 Å². The molecule has 0 aromatic carbocycles. The maximum absolute atomic E-state index is 10.8. The minimum atomic E-state index is -2.97. The van der Waals surface area contributed by atoms with Crippen molar-refractivity contribution in [2.24, 2.45) is 5.92 Å². The van der Waals surface area contributed by atoms with Crippen molar-refractivity contribution in [1.29, 1.82) is 0 Å². The van der Waals surface area contributed by atoms with Crippen LogP contribution in [0.5, 0.6) is 0 Å². The molecule has 1 saturated carbocycles. The fourth-order valence-electron chi connectivity index (χ4n) is 1.92. The number of nitrogens with one attached hydrogen (secondary N) is 1. The van der Waals surface area contributed by atoms with E-state index in [0.29, 0.717) is 6.54 Å². The maximum atomic E-state index is 10.8. The van der Waals surface area contributed by atoms with Crippen molar-refractivity contribution in [3.63, 3.8) is 0 Å². The van der Waals surface area contributed by atoms with Gasteiger partial charge in [-0.2, -0.15) is 0 Å². The van der Waals surface area contributed by atoms with Crippen molar-refractivity contribution in [1.82, 2.24) is 4.72 Å². The monoisotopic (exact) mass is 205 g/mol. The lowest BCUT2D eigenvalue weighted by molar-refractivity contribution is 0.340. The summed E-state index contributed by atoms with van der Waals surface area (Å²) in [6, 6.07) is 0. The summed E-state index contributed by atoms with van der Waals surface area (Å²) in [4.78, 5) is 0. The molecular weight excluding hydrogens is 186 g/mol. The summed E-state index contributed by atoms with van der Waals surface area (Å²) in [7, 11) is -2.97. The van der Waals surface area contributed by atoms with Crippen molar-refractivity contribution in [3.05, 3.63) is 0 Å². The smallest absolute Gasteiger partial charge is 0.208 e. The van der Waals surface area contributed by atoms with E-state index in [2.05, 4.69) is 4.72 Å². The van der Waals surface area contributed by atoms with Crippen LogP contribution in [-0.2, 0) is 10.0 Å². The first kappa shape index (κ1) is 11.0. The normalized spacial score (nSPS) is 20.4. The quantitative estimate of drug-likeness (QED) is 0.756. The third-order valence-electron chi connectivity index (χ3n) is 2.64. The van der Waals surface area contributed by atoms with E-state index < -0.39 is 10.0 Å². The highest BCUT2D eigenvalue weighted by molar-refractivity contribution is 7.88. The van der Waals surface area contributed by atoms with Gasteiger partial charge >= 0.3 is 0 Å². The molecule has 0 unspecified atom stereocenters. The number of sulfonamides is 1. The van der Waals surface area contributed by atoms with Crippen molar-refractivity contribution < 1.29 is 8.42 Å². The van der Waals surface area contributed by atoms with E-state index in [1.165, 1.54) is 38.4 Å². The van der Waals surface area contributed by atoms with Gasteiger partial charge in [0.15, 0.2) is 0 Å². The van der Waals surface area contributed by atoms with E-state index in [1.54, 1.807) is 0 Å². The number of hydrogen-bond acceptors (Lipinski definition) is 2. The zero-order valence-corrected chi connectivity index (χ0v) is 9.07. The summed E-state index contributed by atoms with van der Waals surface area (Å²) >= 11 is 0. The van der Waals surface area contributed by atoms with Crippen LogP contribution in [-0.4, -0.2) is 21.2 Å². The van der Waals surface area contributed by atoms with Gasteiger partial charge in [0.1, 0.15) is 0 Å². The molecule has 0 heterocycles.